The number of rotatable bonds is 10. The van der Waals surface area contributed by atoms with E-state index in [0.717, 1.165) is 64.8 Å². The molecule has 0 amide bonds. The van der Waals surface area contributed by atoms with E-state index in [1.54, 1.807) is 0 Å². The number of benzene rings is 3. The van der Waals surface area contributed by atoms with E-state index < -0.39 is 0 Å². The van der Waals surface area contributed by atoms with Crippen molar-refractivity contribution in [2.45, 2.75) is 87.5 Å². The number of hydrogen-bond donors (Lipinski definition) is 0. The molecule has 2 heterocycles. The van der Waals surface area contributed by atoms with E-state index in [2.05, 4.69) is 138 Å². The third kappa shape index (κ3) is 6.01. The van der Waals surface area contributed by atoms with Crippen LogP contribution in [0.1, 0.15) is 83.2 Å². The van der Waals surface area contributed by atoms with Crippen LogP contribution in [0, 0.1) is 29.1 Å². The van der Waals surface area contributed by atoms with E-state index in [0.29, 0.717) is 23.7 Å². The molecule has 0 saturated carbocycles. The van der Waals surface area contributed by atoms with Gasteiger partial charge in [0, 0.05) is 62.8 Å². The monoisotopic (exact) mass is 607 g/mol. The number of hydrogen-bond acceptors (Lipinski definition) is 3. The standard InChI is InChI=1S/C42H61N3/c1-10-33-19-15-16-24-39(33)43(9)28-38-29-45(41-36(13-4)22-18-23-37(41)14-5)27-32(8)42(38)30(6)25-44(26-31(42)7)40-34(11-2)20-17-21-35(40)12-3/h15-24,30-32,38H,10-14,25-29H2,1-9H3/t30-,31+,32-,38+,42?/m0/s1. The normalized spacial score (nSPS) is 25.2. The van der Waals surface area contributed by atoms with Crippen molar-refractivity contribution in [2.24, 2.45) is 29.1 Å². The second-order valence-corrected chi connectivity index (χ2v) is 14.3. The molecule has 3 aromatic rings. The van der Waals surface area contributed by atoms with Crippen LogP contribution in [0.5, 0.6) is 0 Å². The summed E-state index contributed by atoms with van der Waals surface area (Å²) in [4.78, 5) is 8.23. The Hall–Kier alpha value is -2.94. The first-order chi connectivity index (χ1) is 21.7. The molecule has 2 aliphatic rings. The highest BCUT2D eigenvalue weighted by Crippen LogP contribution is 2.56. The molecule has 0 aromatic heterocycles. The van der Waals surface area contributed by atoms with Gasteiger partial charge < -0.3 is 14.7 Å². The fourth-order valence-electron chi connectivity index (χ4n) is 10.1. The summed E-state index contributed by atoms with van der Waals surface area (Å²) < 4.78 is 0. The smallest absolute Gasteiger partial charge is 0.0431 e. The third-order valence-corrected chi connectivity index (χ3v) is 12.0. The van der Waals surface area contributed by atoms with Crippen LogP contribution in [0.4, 0.5) is 17.1 Å². The average molecular weight is 608 g/mol. The second-order valence-electron chi connectivity index (χ2n) is 14.3. The van der Waals surface area contributed by atoms with E-state index in [1.165, 1.54) is 44.9 Å². The third-order valence-electron chi connectivity index (χ3n) is 12.0. The number of aryl methyl sites for hydroxylation is 5. The van der Waals surface area contributed by atoms with Gasteiger partial charge in [0.05, 0.1) is 0 Å². The van der Waals surface area contributed by atoms with Gasteiger partial charge in [0.25, 0.3) is 0 Å². The van der Waals surface area contributed by atoms with Crippen LogP contribution in [0.3, 0.4) is 0 Å². The Morgan fingerprint density at radius 2 is 0.933 bits per heavy atom. The molecule has 244 valence electrons. The Kier molecular flexibility index (Phi) is 10.6. The molecule has 45 heavy (non-hydrogen) atoms. The van der Waals surface area contributed by atoms with Gasteiger partial charge in [-0.15, -0.1) is 0 Å². The molecule has 0 bridgehead atoms. The first kappa shape index (κ1) is 33.4. The predicted octanol–water partition coefficient (Wildman–Crippen LogP) is 9.49. The van der Waals surface area contributed by atoms with Crippen LogP contribution < -0.4 is 14.7 Å². The predicted molar refractivity (Wildman–Crippen MR) is 197 cm³/mol. The Bertz CT molecular complexity index is 1350. The molecule has 1 unspecified atom stereocenters. The lowest BCUT2D eigenvalue weighted by atomic mass is 9.51. The largest absolute Gasteiger partial charge is 0.374 e. The van der Waals surface area contributed by atoms with Gasteiger partial charge in [-0.3, -0.25) is 0 Å². The average Bonchev–Trinajstić information content (AvgIpc) is 3.06. The lowest BCUT2D eigenvalue weighted by molar-refractivity contribution is -0.0578. The molecule has 3 aromatic carbocycles. The van der Waals surface area contributed by atoms with Crippen LogP contribution in [0.25, 0.3) is 0 Å². The number of anilines is 3. The van der Waals surface area contributed by atoms with E-state index in [4.69, 9.17) is 0 Å². The molecule has 2 aliphatic heterocycles. The van der Waals surface area contributed by atoms with Gasteiger partial charge in [-0.25, -0.2) is 0 Å². The molecule has 1 spiro atoms. The van der Waals surface area contributed by atoms with Crippen molar-refractivity contribution >= 4 is 17.1 Å². The first-order valence-electron chi connectivity index (χ1n) is 18.2. The molecule has 2 fully saturated rings. The molecular formula is C42H61N3. The van der Waals surface area contributed by atoms with Crippen molar-refractivity contribution in [3.8, 4) is 0 Å². The van der Waals surface area contributed by atoms with Gasteiger partial charge in [-0.1, -0.05) is 110 Å². The van der Waals surface area contributed by atoms with Crippen LogP contribution in [0.15, 0.2) is 60.7 Å². The van der Waals surface area contributed by atoms with Gasteiger partial charge in [0.15, 0.2) is 0 Å². The van der Waals surface area contributed by atoms with Gasteiger partial charge in [-0.2, -0.15) is 0 Å². The minimum atomic E-state index is 0.267. The lowest BCUT2D eigenvalue weighted by Gasteiger charge is -2.63. The van der Waals surface area contributed by atoms with Crippen LogP contribution in [-0.4, -0.2) is 39.8 Å². The van der Waals surface area contributed by atoms with E-state index in [9.17, 15) is 0 Å². The molecule has 5 rings (SSSR count). The molecule has 2 saturated heterocycles. The fourth-order valence-corrected chi connectivity index (χ4v) is 10.1. The van der Waals surface area contributed by atoms with E-state index in [-0.39, 0.29) is 5.41 Å². The van der Waals surface area contributed by atoms with Crippen molar-refractivity contribution in [1.29, 1.82) is 0 Å². The fraction of sp³-hybridized carbons (Fsp3) is 0.571. The molecule has 3 nitrogen and oxygen atoms in total. The molecular weight excluding hydrogens is 546 g/mol. The van der Waals surface area contributed by atoms with Gasteiger partial charge in [-0.05, 0) is 89.2 Å². The molecule has 0 N–H and O–H groups in total. The first-order valence-corrected chi connectivity index (χ1v) is 18.2. The molecule has 3 heteroatoms. The summed E-state index contributed by atoms with van der Waals surface area (Å²) in [5.74, 6) is 2.35. The number of nitrogens with zero attached hydrogens (tertiary/aromatic N) is 3. The Morgan fingerprint density at radius 1 is 0.556 bits per heavy atom. The topological polar surface area (TPSA) is 9.72 Å². The lowest BCUT2D eigenvalue weighted by Crippen LogP contribution is -2.66. The highest BCUT2D eigenvalue weighted by molar-refractivity contribution is 5.62. The molecule has 0 aliphatic carbocycles. The minimum Gasteiger partial charge on any atom is -0.374 e. The summed E-state index contributed by atoms with van der Waals surface area (Å²) in [5, 5.41) is 0. The number of piperidine rings is 2. The van der Waals surface area contributed by atoms with Crippen LogP contribution in [0.2, 0.25) is 0 Å². The zero-order valence-electron chi connectivity index (χ0n) is 30.0. The van der Waals surface area contributed by atoms with E-state index in [1.807, 2.05) is 0 Å². The SMILES string of the molecule is CCc1ccccc1N(C)C[C@@H]1CN(c2c(CC)cccc2CC)C[C@H](C)C12[C@H](C)CN(c1c(CC)cccc1CC)C[C@@H]2C. The molecule has 0 radical (unpaired) electrons. The highest BCUT2D eigenvalue weighted by Gasteiger charge is 2.57. The summed E-state index contributed by atoms with van der Waals surface area (Å²) in [6.07, 6.45) is 5.44. The van der Waals surface area contributed by atoms with Gasteiger partial charge in [0.2, 0.25) is 0 Å². The zero-order chi connectivity index (χ0) is 32.3. The summed E-state index contributed by atoms with van der Waals surface area (Å²) in [5.41, 5.74) is 12.3. The van der Waals surface area contributed by atoms with Gasteiger partial charge >= 0.3 is 0 Å². The maximum Gasteiger partial charge on any atom is 0.0431 e. The second kappa shape index (κ2) is 14.2. The number of para-hydroxylation sites is 3. The van der Waals surface area contributed by atoms with Gasteiger partial charge in [0.1, 0.15) is 0 Å². The van der Waals surface area contributed by atoms with Crippen molar-refractivity contribution in [1.82, 2.24) is 0 Å². The van der Waals surface area contributed by atoms with Crippen molar-refractivity contribution < 1.29 is 0 Å². The maximum atomic E-state index is 2.82. The van der Waals surface area contributed by atoms with Crippen molar-refractivity contribution in [3.05, 3.63) is 88.5 Å². The summed E-state index contributed by atoms with van der Waals surface area (Å²) in [6, 6.07) is 23.1. The maximum absolute atomic E-state index is 2.82. The van der Waals surface area contributed by atoms with Crippen molar-refractivity contribution in [2.75, 3.05) is 54.5 Å². The summed E-state index contributed by atoms with van der Waals surface area (Å²) >= 11 is 0. The highest BCUT2D eigenvalue weighted by atomic mass is 15.2. The van der Waals surface area contributed by atoms with Crippen molar-refractivity contribution in [3.63, 3.8) is 0 Å². The zero-order valence-corrected chi connectivity index (χ0v) is 30.0. The molecule has 5 atom stereocenters. The summed E-state index contributed by atoms with van der Waals surface area (Å²) in [7, 11) is 2.36. The quantitative estimate of drug-likeness (QED) is 0.227. The Balaban J connectivity index is 1.57. The van der Waals surface area contributed by atoms with Crippen LogP contribution >= 0.6 is 0 Å². The summed E-state index contributed by atoms with van der Waals surface area (Å²) in [6.45, 7) is 25.1. The minimum absolute atomic E-state index is 0.267. The van der Waals surface area contributed by atoms with E-state index >= 15 is 0 Å². The Labute approximate surface area is 276 Å². The Morgan fingerprint density at radius 3 is 1.36 bits per heavy atom. The van der Waals surface area contributed by atoms with Crippen LogP contribution in [-0.2, 0) is 32.1 Å².